The predicted octanol–water partition coefficient (Wildman–Crippen LogP) is 15.1. The predicted molar refractivity (Wildman–Crippen MR) is 230 cm³/mol. The van der Waals surface area contributed by atoms with E-state index in [0.717, 1.165) is 56.8 Å². The SMILES string of the molecule is c1ccc(-c2cccc3cccc(-c4ccc(N(c5ccc(-c6ccc(C7CC8CCC7C8)cc6)cc5)c5ccc6oc7ccccc7c6c5)cc4)c23)cc1. The first-order valence-electron chi connectivity index (χ1n) is 19.8. The van der Waals surface area contributed by atoms with Crippen molar-refractivity contribution in [2.75, 3.05) is 4.90 Å². The highest BCUT2D eigenvalue weighted by Gasteiger charge is 2.40. The van der Waals surface area contributed by atoms with Crippen LogP contribution in [0.1, 0.15) is 37.2 Å². The molecule has 0 aliphatic heterocycles. The average molecular weight is 708 g/mol. The standard InChI is InChI=1S/C53H41NO/c1-2-8-38(9-3-1)46-13-6-10-41-11-7-14-47(53(41)46)39-24-28-44(29-25-39)54(45-30-31-52-50(34-45)48-12-4-5-15-51(48)55-52)43-26-22-37(23-27-43)36-18-20-40(21-19-36)49-33-35-16-17-42(49)32-35/h1-15,18-31,34-35,42,49H,16-17,32-33H2. The van der Waals surface area contributed by atoms with E-state index in [1.165, 1.54) is 75.4 Å². The number of anilines is 3. The highest BCUT2D eigenvalue weighted by Crippen LogP contribution is 2.53. The van der Waals surface area contributed by atoms with Gasteiger partial charge >= 0.3 is 0 Å². The first-order valence-corrected chi connectivity index (χ1v) is 19.8. The van der Waals surface area contributed by atoms with Crippen molar-refractivity contribution in [2.45, 2.75) is 31.6 Å². The van der Waals surface area contributed by atoms with Crippen LogP contribution in [0.15, 0.2) is 186 Å². The molecular weight excluding hydrogens is 667 g/mol. The van der Waals surface area contributed by atoms with Crippen LogP contribution in [-0.4, -0.2) is 0 Å². The molecule has 0 N–H and O–H groups in total. The van der Waals surface area contributed by atoms with Crippen LogP contribution < -0.4 is 4.90 Å². The molecule has 1 heterocycles. The minimum absolute atomic E-state index is 0.756. The van der Waals surface area contributed by atoms with Gasteiger partial charge in [-0.1, -0.05) is 140 Å². The molecule has 2 saturated carbocycles. The number of hydrogen-bond donors (Lipinski definition) is 0. The molecule has 264 valence electrons. The van der Waals surface area contributed by atoms with Crippen LogP contribution in [0.5, 0.6) is 0 Å². The second-order valence-electron chi connectivity index (χ2n) is 15.7. The van der Waals surface area contributed by atoms with Gasteiger partial charge in [0.05, 0.1) is 0 Å². The Morgan fingerprint density at radius 2 is 1.04 bits per heavy atom. The van der Waals surface area contributed by atoms with Gasteiger partial charge in [0.1, 0.15) is 11.2 Å². The van der Waals surface area contributed by atoms with Gasteiger partial charge in [-0.15, -0.1) is 0 Å². The fourth-order valence-electron chi connectivity index (χ4n) is 9.91. The van der Waals surface area contributed by atoms with Gasteiger partial charge in [-0.3, -0.25) is 0 Å². The van der Waals surface area contributed by atoms with E-state index in [1.54, 1.807) is 0 Å². The Labute approximate surface area is 322 Å². The van der Waals surface area contributed by atoms with Crippen molar-refractivity contribution < 1.29 is 4.42 Å². The Hall–Kier alpha value is -6.38. The van der Waals surface area contributed by atoms with Crippen molar-refractivity contribution >= 4 is 49.8 Å². The quantitative estimate of drug-likeness (QED) is 0.164. The van der Waals surface area contributed by atoms with E-state index in [0.29, 0.717) is 0 Å². The average Bonchev–Trinajstić information content (AvgIpc) is 4.00. The molecule has 2 aliphatic rings. The van der Waals surface area contributed by atoms with Gasteiger partial charge < -0.3 is 9.32 Å². The molecule has 2 aliphatic carbocycles. The number of rotatable bonds is 7. The van der Waals surface area contributed by atoms with Crippen LogP contribution >= 0.6 is 0 Å². The fourth-order valence-corrected chi connectivity index (χ4v) is 9.91. The summed E-state index contributed by atoms with van der Waals surface area (Å²) >= 11 is 0. The summed E-state index contributed by atoms with van der Waals surface area (Å²) in [4.78, 5) is 2.37. The first kappa shape index (κ1) is 32.1. The van der Waals surface area contributed by atoms with Gasteiger partial charge in [0.2, 0.25) is 0 Å². The highest BCUT2D eigenvalue weighted by atomic mass is 16.3. The van der Waals surface area contributed by atoms with Crippen molar-refractivity contribution in [3.63, 3.8) is 0 Å². The summed E-state index contributed by atoms with van der Waals surface area (Å²) in [7, 11) is 0. The third kappa shape index (κ3) is 5.63. The lowest BCUT2D eigenvalue weighted by Crippen LogP contribution is -2.09. The third-order valence-electron chi connectivity index (χ3n) is 12.6. The van der Waals surface area contributed by atoms with Crippen LogP contribution in [0.2, 0.25) is 0 Å². The third-order valence-corrected chi connectivity index (χ3v) is 12.6. The summed E-state index contributed by atoms with van der Waals surface area (Å²) in [5.41, 5.74) is 14.0. The molecule has 0 spiro atoms. The lowest BCUT2D eigenvalue weighted by atomic mass is 9.83. The maximum absolute atomic E-state index is 6.24. The molecule has 8 aromatic carbocycles. The van der Waals surface area contributed by atoms with Gasteiger partial charge in [-0.2, -0.15) is 0 Å². The molecule has 3 atom stereocenters. The van der Waals surface area contributed by atoms with E-state index in [1.807, 2.05) is 12.1 Å². The lowest BCUT2D eigenvalue weighted by molar-refractivity contribution is 0.420. The summed E-state index contributed by atoms with van der Waals surface area (Å²) in [6.45, 7) is 0. The zero-order valence-corrected chi connectivity index (χ0v) is 30.7. The summed E-state index contributed by atoms with van der Waals surface area (Å²) in [5.74, 6) is 2.61. The van der Waals surface area contributed by atoms with Crippen LogP contribution in [0, 0.1) is 11.8 Å². The molecule has 2 nitrogen and oxygen atoms in total. The van der Waals surface area contributed by atoms with E-state index < -0.39 is 0 Å². The summed E-state index contributed by atoms with van der Waals surface area (Å²) in [6.07, 6.45) is 5.68. The van der Waals surface area contributed by atoms with Crippen LogP contribution in [0.3, 0.4) is 0 Å². The number of furan rings is 1. The number of nitrogens with zero attached hydrogens (tertiary/aromatic N) is 1. The Kier molecular flexibility index (Phi) is 7.69. The second kappa shape index (κ2) is 13.2. The van der Waals surface area contributed by atoms with Crippen molar-refractivity contribution in [3.05, 3.63) is 188 Å². The smallest absolute Gasteiger partial charge is 0.135 e. The molecule has 1 aromatic heterocycles. The molecule has 2 heteroatoms. The number of para-hydroxylation sites is 1. The Morgan fingerprint density at radius 1 is 0.436 bits per heavy atom. The second-order valence-corrected chi connectivity index (χ2v) is 15.7. The van der Waals surface area contributed by atoms with E-state index in [2.05, 4.69) is 175 Å². The Bertz CT molecular complexity index is 2810. The number of benzene rings is 8. The molecular formula is C53H41NO. The van der Waals surface area contributed by atoms with Crippen molar-refractivity contribution in [3.8, 4) is 33.4 Å². The summed E-state index contributed by atoms with van der Waals surface area (Å²) in [6, 6.07) is 66.5. The largest absolute Gasteiger partial charge is 0.456 e. The van der Waals surface area contributed by atoms with Crippen molar-refractivity contribution in [1.82, 2.24) is 0 Å². The van der Waals surface area contributed by atoms with Crippen molar-refractivity contribution in [1.29, 1.82) is 0 Å². The summed E-state index contributed by atoms with van der Waals surface area (Å²) < 4.78 is 6.24. The topological polar surface area (TPSA) is 16.4 Å². The number of fused-ring (bicyclic) bond motifs is 6. The van der Waals surface area contributed by atoms with Crippen LogP contribution in [-0.2, 0) is 0 Å². The van der Waals surface area contributed by atoms with E-state index in [9.17, 15) is 0 Å². The molecule has 55 heavy (non-hydrogen) atoms. The molecule has 0 amide bonds. The molecule has 11 rings (SSSR count). The van der Waals surface area contributed by atoms with Gasteiger partial charge in [0.25, 0.3) is 0 Å². The molecule has 2 fully saturated rings. The monoisotopic (exact) mass is 707 g/mol. The van der Waals surface area contributed by atoms with Gasteiger partial charge in [0, 0.05) is 27.8 Å². The van der Waals surface area contributed by atoms with E-state index in [4.69, 9.17) is 4.42 Å². The van der Waals surface area contributed by atoms with Gasteiger partial charge in [0.15, 0.2) is 0 Å². The minimum Gasteiger partial charge on any atom is -0.456 e. The number of hydrogen-bond acceptors (Lipinski definition) is 2. The molecule has 0 saturated heterocycles. The Balaban J connectivity index is 0.980. The molecule has 2 bridgehead atoms. The van der Waals surface area contributed by atoms with Crippen molar-refractivity contribution in [2.24, 2.45) is 11.8 Å². The maximum atomic E-state index is 6.24. The zero-order valence-electron chi connectivity index (χ0n) is 30.7. The van der Waals surface area contributed by atoms with Gasteiger partial charge in [-0.05, 0) is 135 Å². The first-order chi connectivity index (χ1) is 27.2. The molecule has 0 radical (unpaired) electrons. The zero-order chi connectivity index (χ0) is 36.3. The normalized spacial score (nSPS) is 17.7. The minimum atomic E-state index is 0.756. The fraction of sp³-hybridized carbons (Fsp3) is 0.132. The molecule has 3 unspecified atom stereocenters. The highest BCUT2D eigenvalue weighted by molar-refractivity contribution is 6.08. The van der Waals surface area contributed by atoms with E-state index in [-0.39, 0.29) is 0 Å². The Morgan fingerprint density at radius 3 is 1.71 bits per heavy atom. The lowest BCUT2D eigenvalue weighted by Gasteiger charge is -2.26. The summed E-state index contributed by atoms with van der Waals surface area (Å²) in [5, 5.41) is 4.76. The molecule has 9 aromatic rings. The van der Waals surface area contributed by atoms with Crippen LogP contribution in [0.25, 0.3) is 66.1 Å². The van der Waals surface area contributed by atoms with E-state index >= 15 is 0 Å². The van der Waals surface area contributed by atoms with Crippen LogP contribution in [0.4, 0.5) is 17.1 Å². The maximum Gasteiger partial charge on any atom is 0.135 e. The van der Waals surface area contributed by atoms with Gasteiger partial charge in [-0.25, -0.2) is 0 Å².